The number of aryl methyl sites for hydroxylation is 2. The molecule has 2 aliphatic heterocycles. The van der Waals surface area contributed by atoms with E-state index in [1.54, 1.807) is 11.8 Å². The number of para-hydroxylation sites is 1. The molecule has 2 atom stereocenters. The summed E-state index contributed by atoms with van der Waals surface area (Å²) in [5.74, 6) is 0.120. The molecule has 0 aromatic heterocycles. The first-order valence-corrected chi connectivity index (χ1v) is 7.25. The standard InChI is InChI=1S/C16H20N2O2/c1-10(19)14-9-7-12-5-3-4-11-6-8-13(17-2)16(20)18(14)15(11)12/h3-5,13-14,17H,6-9H2,1-2H3/t13-,14-/m0/s1. The SMILES string of the molecule is CN[C@H]1CCc2cccc3c2N(C1=O)[C@H](C(C)=O)CC3. The van der Waals surface area contributed by atoms with Gasteiger partial charge in [0.2, 0.25) is 5.91 Å². The van der Waals surface area contributed by atoms with Gasteiger partial charge in [-0.05, 0) is 50.8 Å². The van der Waals surface area contributed by atoms with Crippen LogP contribution in [0.2, 0.25) is 0 Å². The molecule has 0 bridgehead atoms. The van der Waals surface area contributed by atoms with Crippen LogP contribution >= 0.6 is 0 Å². The van der Waals surface area contributed by atoms with Crippen molar-refractivity contribution >= 4 is 17.4 Å². The normalized spacial score (nSPS) is 25.1. The van der Waals surface area contributed by atoms with Gasteiger partial charge in [0, 0.05) is 0 Å². The third-order valence-corrected chi connectivity index (χ3v) is 4.50. The first kappa shape index (κ1) is 13.3. The summed E-state index contributed by atoms with van der Waals surface area (Å²) < 4.78 is 0. The van der Waals surface area contributed by atoms with Crippen LogP contribution in [0.4, 0.5) is 5.69 Å². The van der Waals surface area contributed by atoms with Crippen LogP contribution in [0.1, 0.15) is 30.9 Å². The molecule has 2 aliphatic rings. The fourth-order valence-corrected chi connectivity index (χ4v) is 3.44. The van der Waals surface area contributed by atoms with Crippen molar-refractivity contribution in [3.05, 3.63) is 29.3 Å². The first-order valence-electron chi connectivity index (χ1n) is 7.25. The van der Waals surface area contributed by atoms with Crippen molar-refractivity contribution < 1.29 is 9.59 Å². The van der Waals surface area contributed by atoms with Crippen LogP contribution < -0.4 is 10.2 Å². The van der Waals surface area contributed by atoms with Crippen LogP contribution in [0.5, 0.6) is 0 Å². The highest BCUT2D eigenvalue weighted by atomic mass is 16.2. The summed E-state index contributed by atoms with van der Waals surface area (Å²) in [6.45, 7) is 1.59. The topological polar surface area (TPSA) is 49.4 Å². The van der Waals surface area contributed by atoms with Gasteiger partial charge < -0.3 is 10.2 Å². The zero-order valence-electron chi connectivity index (χ0n) is 12.0. The van der Waals surface area contributed by atoms with Gasteiger partial charge in [0.1, 0.15) is 0 Å². The lowest BCUT2D eigenvalue weighted by molar-refractivity contribution is -0.125. The van der Waals surface area contributed by atoms with E-state index in [0.29, 0.717) is 0 Å². The minimum Gasteiger partial charge on any atom is -0.309 e. The van der Waals surface area contributed by atoms with E-state index in [1.807, 2.05) is 7.05 Å². The Kier molecular flexibility index (Phi) is 3.34. The molecule has 20 heavy (non-hydrogen) atoms. The van der Waals surface area contributed by atoms with Gasteiger partial charge in [-0.25, -0.2) is 0 Å². The van der Waals surface area contributed by atoms with Crippen LogP contribution in [0.15, 0.2) is 18.2 Å². The molecule has 1 aromatic rings. The summed E-state index contributed by atoms with van der Waals surface area (Å²) in [5, 5.41) is 3.09. The van der Waals surface area contributed by atoms with Crippen molar-refractivity contribution in [2.75, 3.05) is 11.9 Å². The van der Waals surface area contributed by atoms with Crippen LogP contribution in [0.25, 0.3) is 0 Å². The number of Topliss-reactive ketones (excluding diaryl/α,β-unsaturated/α-hetero) is 1. The molecule has 4 heteroatoms. The Hall–Kier alpha value is -1.68. The van der Waals surface area contributed by atoms with Crippen molar-refractivity contribution in [1.82, 2.24) is 5.32 Å². The van der Waals surface area contributed by atoms with Crippen molar-refractivity contribution in [3.8, 4) is 0 Å². The maximum atomic E-state index is 12.8. The number of benzene rings is 1. The molecule has 4 nitrogen and oxygen atoms in total. The fraction of sp³-hybridized carbons (Fsp3) is 0.500. The average Bonchev–Trinajstić information content (AvgIpc) is 2.59. The zero-order chi connectivity index (χ0) is 14.3. The van der Waals surface area contributed by atoms with Crippen LogP contribution in [0.3, 0.4) is 0 Å². The largest absolute Gasteiger partial charge is 0.309 e. The highest BCUT2D eigenvalue weighted by Crippen LogP contribution is 2.37. The monoisotopic (exact) mass is 272 g/mol. The van der Waals surface area contributed by atoms with Gasteiger partial charge in [-0.3, -0.25) is 9.59 Å². The van der Waals surface area contributed by atoms with E-state index in [2.05, 4.69) is 23.5 Å². The molecule has 2 heterocycles. The van der Waals surface area contributed by atoms with E-state index in [0.717, 1.165) is 31.4 Å². The first-order chi connectivity index (χ1) is 9.63. The molecule has 0 radical (unpaired) electrons. The van der Waals surface area contributed by atoms with Crippen LogP contribution in [-0.4, -0.2) is 30.8 Å². The van der Waals surface area contributed by atoms with Gasteiger partial charge in [-0.1, -0.05) is 18.2 Å². The number of anilines is 1. The Morgan fingerprint density at radius 1 is 1.25 bits per heavy atom. The number of nitrogens with one attached hydrogen (secondary N) is 1. The number of nitrogens with zero attached hydrogens (tertiary/aromatic N) is 1. The molecule has 1 amide bonds. The van der Waals surface area contributed by atoms with E-state index in [-0.39, 0.29) is 23.8 Å². The maximum absolute atomic E-state index is 12.8. The van der Waals surface area contributed by atoms with Gasteiger partial charge in [0.25, 0.3) is 0 Å². The Morgan fingerprint density at radius 3 is 2.50 bits per heavy atom. The van der Waals surface area contributed by atoms with Crippen molar-refractivity contribution in [2.45, 2.75) is 44.7 Å². The number of carbonyl (C=O) groups excluding carboxylic acids is 2. The molecule has 1 aromatic carbocycles. The minimum atomic E-state index is -0.301. The van der Waals surface area contributed by atoms with Gasteiger partial charge in [0.15, 0.2) is 5.78 Å². The number of hydrogen-bond donors (Lipinski definition) is 1. The number of carbonyl (C=O) groups is 2. The van der Waals surface area contributed by atoms with Gasteiger partial charge >= 0.3 is 0 Å². The molecule has 0 aliphatic carbocycles. The minimum absolute atomic E-state index is 0.0404. The molecule has 106 valence electrons. The molecule has 0 unspecified atom stereocenters. The summed E-state index contributed by atoms with van der Waals surface area (Å²) in [5.41, 5.74) is 3.39. The average molecular weight is 272 g/mol. The number of amides is 1. The predicted octanol–water partition coefficient (Wildman–Crippen LogP) is 1.46. The summed E-state index contributed by atoms with van der Waals surface area (Å²) in [4.78, 5) is 26.5. The van der Waals surface area contributed by atoms with Crippen LogP contribution in [0, 0.1) is 0 Å². The summed E-state index contributed by atoms with van der Waals surface area (Å²) in [7, 11) is 1.81. The Bertz CT molecular complexity index is 568. The van der Waals surface area contributed by atoms with Gasteiger partial charge in [-0.2, -0.15) is 0 Å². The molecule has 0 fully saturated rings. The van der Waals surface area contributed by atoms with E-state index in [1.165, 1.54) is 11.1 Å². The van der Waals surface area contributed by atoms with Crippen molar-refractivity contribution in [1.29, 1.82) is 0 Å². The third-order valence-electron chi connectivity index (χ3n) is 4.50. The number of likely N-dealkylation sites (N-methyl/N-ethyl adjacent to an activating group) is 1. The lowest BCUT2D eigenvalue weighted by atomic mass is 9.91. The maximum Gasteiger partial charge on any atom is 0.244 e. The fourth-order valence-electron chi connectivity index (χ4n) is 3.44. The van der Waals surface area contributed by atoms with E-state index in [9.17, 15) is 9.59 Å². The van der Waals surface area contributed by atoms with Crippen molar-refractivity contribution in [2.24, 2.45) is 0 Å². The lowest BCUT2D eigenvalue weighted by Crippen LogP contribution is -2.53. The molecular weight excluding hydrogens is 252 g/mol. The molecule has 0 spiro atoms. The highest BCUT2D eigenvalue weighted by molar-refractivity contribution is 6.05. The molecule has 1 N–H and O–H groups in total. The van der Waals surface area contributed by atoms with Crippen LogP contribution in [-0.2, 0) is 22.4 Å². The summed E-state index contributed by atoms with van der Waals surface area (Å²) in [6.07, 6.45) is 3.27. The highest BCUT2D eigenvalue weighted by Gasteiger charge is 2.39. The van der Waals surface area contributed by atoms with E-state index >= 15 is 0 Å². The number of ketones is 1. The smallest absolute Gasteiger partial charge is 0.244 e. The van der Waals surface area contributed by atoms with E-state index in [4.69, 9.17) is 0 Å². The molecular formula is C16H20N2O2. The predicted molar refractivity (Wildman–Crippen MR) is 77.9 cm³/mol. The van der Waals surface area contributed by atoms with Crippen molar-refractivity contribution in [3.63, 3.8) is 0 Å². The second kappa shape index (κ2) is 5.02. The number of rotatable bonds is 2. The number of hydrogen-bond acceptors (Lipinski definition) is 3. The molecule has 0 saturated heterocycles. The lowest BCUT2D eigenvalue weighted by Gasteiger charge is -2.37. The molecule has 3 rings (SSSR count). The zero-order valence-corrected chi connectivity index (χ0v) is 12.0. The molecule has 0 saturated carbocycles. The quantitative estimate of drug-likeness (QED) is 0.886. The van der Waals surface area contributed by atoms with E-state index < -0.39 is 0 Å². The second-order valence-electron chi connectivity index (χ2n) is 5.68. The Morgan fingerprint density at radius 2 is 1.90 bits per heavy atom. The Labute approximate surface area is 119 Å². The Balaban J connectivity index is 2.16. The van der Waals surface area contributed by atoms with Gasteiger partial charge in [0.05, 0.1) is 17.8 Å². The summed E-state index contributed by atoms with van der Waals surface area (Å²) in [6, 6.07) is 5.72. The third kappa shape index (κ3) is 1.95. The summed E-state index contributed by atoms with van der Waals surface area (Å²) >= 11 is 0. The second-order valence-corrected chi connectivity index (χ2v) is 5.68. The van der Waals surface area contributed by atoms with Gasteiger partial charge in [-0.15, -0.1) is 0 Å².